The number of rotatable bonds is 8. The topological polar surface area (TPSA) is 84.9 Å². The summed E-state index contributed by atoms with van der Waals surface area (Å²) in [5.74, 6) is 1.50. The van der Waals surface area contributed by atoms with Crippen molar-refractivity contribution in [3.05, 3.63) is 84.1 Å². The summed E-state index contributed by atoms with van der Waals surface area (Å²) in [6, 6.07) is 16.9. The molecule has 2 aromatic carbocycles. The van der Waals surface area contributed by atoms with E-state index in [0.717, 1.165) is 11.1 Å². The molecule has 1 aliphatic heterocycles. The van der Waals surface area contributed by atoms with Gasteiger partial charge < -0.3 is 14.4 Å². The predicted molar refractivity (Wildman–Crippen MR) is 123 cm³/mol. The van der Waals surface area contributed by atoms with Crippen LogP contribution in [0.2, 0.25) is 0 Å². The standard InChI is InChI=1S/C26H24N2O5/c1-4-26(15-14-23(33-26)28(3)16-19(2)24(30)27-18-29)17-32-25(31)22-12-10-21(11-13-22)20-8-6-5-7-9-20/h1,5-16,18,23H,17H2,2-3H3,(H,27,29,30)/b19-16-. The van der Waals surface area contributed by atoms with Gasteiger partial charge in [-0.25, -0.2) is 4.79 Å². The van der Waals surface area contributed by atoms with Crippen molar-refractivity contribution in [2.75, 3.05) is 13.7 Å². The Hall–Kier alpha value is -4.15. The van der Waals surface area contributed by atoms with Gasteiger partial charge in [0.2, 0.25) is 6.41 Å². The van der Waals surface area contributed by atoms with Crippen molar-refractivity contribution < 1.29 is 23.9 Å². The van der Waals surface area contributed by atoms with E-state index in [1.165, 1.54) is 6.20 Å². The molecular weight excluding hydrogens is 420 g/mol. The van der Waals surface area contributed by atoms with Gasteiger partial charge >= 0.3 is 5.97 Å². The summed E-state index contributed by atoms with van der Waals surface area (Å²) in [5.41, 5.74) is 1.52. The molecule has 7 nitrogen and oxygen atoms in total. The van der Waals surface area contributed by atoms with Gasteiger partial charge in [0, 0.05) is 18.8 Å². The average molecular weight is 444 g/mol. The van der Waals surface area contributed by atoms with Crippen LogP contribution in [0.25, 0.3) is 11.1 Å². The van der Waals surface area contributed by atoms with Crippen LogP contribution in [0.1, 0.15) is 17.3 Å². The molecule has 0 aliphatic carbocycles. The molecule has 2 unspecified atom stereocenters. The van der Waals surface area contributed by atoms with Crippen LogP contribution in [-0.4, -0.2) is 48.7 Å². The van der Waals surface area contributed by atoms with Gasteiger partial charge in [0.05, 0.1) is 5.56 Å². The Morgan fingerprint density at radius 3 is 2.48 bits per heavy atom. The predicted octanol–water partition coefficient (Wildman–Crippen LogP) is 2.90. The number of hydrogen-bond donors (Lipinski definition) is 1. The fourth-order valence-corrected chi connectivity index (χ4v) is 3.25. The number of imide groups is 1. The van der Waals surface area contributed by atoms with E-state index in [-0.39, 0.29) is 6.61 Å². The number of amides is 2. The Morgan fingerprint density at radius 1 is 1.18 bits per heavy atom. The summed E-state index contributed by atoms with van der Waals surface area (Å²) in [4.78, 5) is 36.3. The lowest BCUT2D eigenvalue weighted by atomic mass is 10.0. The van der Waals surface area contributed by atoms with Crippen LogP contribution in [0.4, 0.5) is 0 Å². The third-order valence-electron chi connectivity index (χ3n) is 5.10. The number of likely N-dealkylation sites (N-methyl/N-ethyl adjacent to an activating group) is 1. The lowest BCUT2D eigenvalue weighted by molar-refractivity contribution is -0.122. The number of benzene rings is 2. The SMILES string of the molecule is C#CC1(COC(=O)c2ccc(-c3ccccc3)cc2)C=CC(N(C)/C=C(/C)C(=O)NC=O)O1. The number of carbonyl (C=O) groups excluding carboxylic acids is 3. The minimum atomic E-state index is -1.23. The molecule has 0 saturated carbocycles. The normalized spacial score (nSPS) is 19.4. The van der Waals surface area contributed by atoms with E-state index >= 15 is 0 Å². The van der Waals surface area contributed by atoms with Gasteiger partial charge in [-0.15, -0.1) is 6.42 Å². The molecule has 0 bridgehead atoms. The fourth-order valence-electron chi connectivity index (χ4n) is 3.25. The maximum Gasteiger partial charge on any atom is 0.338 e. The van der Waals surface area contributed by atoms with Crippen molar-refractivity contribution in [3.63, 3.8) is 0 Å². The monoisotopic (exact) mass is 444 g/mol. The van der Waals surface area contributed by atoms with Crippen LogP contribution in [-0.2, 0) is 19.1 Å². The minimum Gasteiger partial charge on any atom is -0.458 e. The van der Waals surface area contributed by atoms with Crippen LogP contribution in [0.3, 0.4) is 0 Å². The van der Waals surface area contributed by atoms with E-state index in [2.05, 4.69) is 11.2 Å². The summed E-state index contributed by atoms with van der Waals surface area (Å²) < 4.78 is 11.4. The van der Waals surface area contributed by atoms with Crippen molar-refractivity contribution in [2.45, 2.75) is 18.8 Å². The maximum absolute atomic E-state index is 12.5. The summed E-state index contributed by atoms with van der Waals surface area (Å²) in [5, 5.41) is 2.07. The van der Waals surface area contributed by atoms with Crippen LogP contribution >= 0.6 is 0 Å². The van der Waals surface area contributed by atoms with Gasteiger partial charge in [0.25, 0.3) is 5.91 Å². The molecule has 1 heterocycles. The summed E-state index contributed by atoms with van der Waals surface area (Å²) in [6.07, 6.45) is 10.3. The fraction of sp³-hybridized carbons (Fsp3) is 0.192. The highest BCUT2D eigenvalue weighted by atomic mass is 16.6. The minimum absolute atomic E-state index is 0.169. The molecule has 2 amide bonds. The van der Waals surface area contributed by atoms with Gasteiger partial charge in [-0.05, 0) is 42.3 Å². The van der Waals surface area contributed by atoms with Crippen LogP contribution < -0.4 is 5.32 Å². The second-order valence-corrected chi connectivity index (χ2v) is 7.49. The first-order valence-corrected chi connectivity index (χ1v) is 10.2. The lowest BCUT2D eigenvalue weighted by Gasteiger charge is -2.27. The van der Waals surface area contributed by atoms with Gasteiger partial charge in [0.1, 0.15) is 6.61 Å². The molecule has 0 radical (unpaired) electrons. The van der Waals surface area contributed by atoms with Crippen molar-refractivity contribution >= 4 is 18.3 Å². The first-order valence-electron chi connectivity index (χ1n) is 10.2. The largest absolute Gasteiger partial charge is 0.458 e. The van der Waals surface area contributed by atoms with Gasteiger partial charge in [-0.2, -0.15) is 0 Å². The number of nitrogens with zero attached hydrogens (tertiary/aromatic N) is 1. The zero-order valence-corrected chi connectivity index (χ0v) is 18.4. The first-order chi connectivity index (χ1) is 15.9. The van der Waals surface area contributed by atoms with Gasteiger partial charge in [-0.1, -0.05) is 48.4 Å². The Balaban J connectivity index is 1.60. The Morgan fingerprint density at radius 2 is 1.85 bits per heavy atom. The highest BCUT2D eigenvalue weighted by Gasteiger charge is 2.36. The van der Waals surface area contributed by atoms with E-state index in [1.807, 2.05) is 42.5 Å². The molecular formula is C26H24N2O5. The summed E-state index contributed by atoms with van der Waals surface area (Å²) in [7, 11) is 1.69. The maximum atomic E-state index is 12.5. The molecule has 1 N–H and O–H groups in total. The molecule has 0 aromatic heterocycles. The van der Waals surface area contributed by atoms with Crippen LogP contribution in [0, 0.1) is 12.3 Å². The van der Waals surface area contributed by atoms with E-state index < -0.39 is 23.7 Å². The Bertz CT molecular complexity index is 1120. The van der Waals surface area contributed by atoms with Crippen LogP contribution in [0.15, 0.2) is 78.5 Å². The van der Waals surface area contributed by atoms with Crippen molar-refractivity contribution in [3.8, 4) is 23.5 Å². The zero-order valence-electron chi connectivity index (χ0n) is 18.4. The van der Waals surface area contributed by atoms with Crippen LogP contribution in [0.5, 0.6) is 0 Å². The Labute approximate surface area is 192 Å². The number of nitrogens with one attached hydrogen (secondary N) is 1. The number of ether oxygens (including phenoxy) is 2. The molecule has 0 spiro atoms. The quantitative estimate of drug-likeness (QED) is 0.222. The molecule has 0 fully saturated rings. The second kappa shape index (κ2) is 10.4. The van der Waals surface area contributed by atoms with Crippen molar-refractivity contribution in [1.82, 2.24) is 10.2 Å². The van der Waals surface area contributed by atoms with Crippen molar-refractivity contribution in [2.24, 2.45) is 0 Å². The molecule has 168 valence electrons. The number of hydrogen-bond acceptors (Lipinski definition) is 6. The zero-order chi connectivity index (χ0) is 23.8. The Kier molecular flexibility index (Phi) is 7.44. The van der Waals surface area contributed by atoms with Gasteiger partial charge in [0.15, 0.2) is 11.8 Å². The number of esters is 1. The first kappa shape index (κ1) is 23.5. The summed E-state index contributed by atoms with van der Waals surface area (Å²) >= 11 is 0. The molecule has 2 atom stereocenters. The molecule has 7 heteroatoms. The molecule has 1 aliphatic rings. The molecule has 2 aromatic rings. The second-order valence-electron chi connectivity index (χ2n) is 7.49. The average Bonchev–Trinajstić information content (AvgIpc) is 3.28. The molecule has 33 heavy (non-hydrogen) atoms. The summed E-state index contributed by atoms with van der Waals surface area (Å²) in [6.45, 7) is 1.39. The molecule has 3 rings (SSSR count). The molecule has 0 saturated heterocycles. The number of terminal acetylenes is 1. The number of carbonyl (C=O) groups is 3. The third-order valence-corrected chi connectivity index (χ3v) is 5.10. The highest BCUT2D eigenvalue weighted by molar-refractivity contribution is 5.98. The lowest BCUT2D eigenvalue weighted by Crippen LogP contribution is -2.38. The van der Waals surface area contributed by atoms with Gasteiger partial charge in [-0.3, -0.25) is 14.9 Å². The van der Waals surface area contributed by atoms with E-state index in [4.69, 9.17) is 15.9 Å². The third kappa shape index (κ3) is 5.76. The smallest absolute Gasteiger partial charge is 0.338 e. The van der Waals surface area contributed by atoms with E-state index in [1.54, 1.807) is 43.2 Å². The van der Waals surface area contributed by atoms with E-state index in [0.29, 0.717) is 17.5 Å². The van der Waals surface area contributed by atoms with Crippen molar-refractivity contribution in [1.29, 1.82) is 0 Å². The van der Waals surface area contributed by atoms with E-state index in [9.17, 15) is 14.4 Å². The highest BCUT2D eigenvalue weighted by Crippen LogP contribution is 2.26.